The molecule has 1 unspecified atom stereocenters. The first kappa shape index (κ1) is 31.0. The highest BCUT2D eigenvalue weighted by Crippen LogP contribution is 2.46. The van der Waals surface area contributed by atoms with Gasteiger partial charge in [0.15, 0.2) is 0 Å². The first-order chi connectivity index (χ1) is 20.1. The average molecular weight is 593 g/mol. The maximum atomic E-state index is 13.8. The molecular weight excluding hydrogens is 544 g/mol. The lowest BCUT2D eigenvalue weighted by Gasteiger charge is -2.48. The van der Waals surface area contributed by atoms with Gasteiger partial charge >= 0.3 is 0 Å². The van der Waals surface area contributed by atoms with Crippen molar-refractivity contribution in [2.24, 2.45) is 11.3 Å². The second kappa shape index (κ2) is 13.5. The van der Waals surface area contributed by atoms with Gasteiger partial charge in [-0.15, -0.1) is 0 Å². The standard InChI is InChI=1S/C35H49ClN4O2/c1-34(2,3)39-33(42)35(28-11-5-4-6-12-28)17-19-40(20-18-35)24-30(21-25-13-15-29(36)16-14-25)38-32(41)31-22-26-9-7-8-10-27(26)23-37-31/h7-10,13-16,28,30-31,37H,4-6,11-12,17-24H2,1-3H3,(H,38,41)(H,39,42)/t30-,31?/m1/s1. The number of halogens is 1. The predicted molar refractivity (Wildman–Crippen MR) is 170 cm³/mol. The third kappa shape index (κ3) is 7.75. The molecule has 2 aromatic rings. The van der Waals surface area contributed by atoms with Crippen molar-refractivity contribution < 1.29 is 9.59 Å². The number of rotatable bonds is 8. The minimum absolute atomic E-state index is 0.0387. The Labute approximate surface area is 257 Å². The molecule has 2 amide bonds. The van der Waals surface area contributed by atoms with E-state index < -0.39 is 0 Å². The smallest absolute Gasteiger partial charge is 0.237 e. The SMILES string of the molecule is CC(C)(C)NC(=O)C1(C2CCCCC2)CCN(C[C@@H](Cc2ccc(Cl)cc2)NC(=O)C2Cc3ccccc3CN2)CC1. The summed E-state index contributed by atoms with van der Waals surface area (Å²) in [6.07, 6.45) is 9.25. The summed E-state index contributed by atoms with van der Waals surface area (Å²) in [6.45, 7) is 9.46. The number of fused-ring (bicyclic) bond motifs is 1. The molecule has 5 rings (SSSR count). The molecule has 1 saturated carbocycles. The fourth-order valence-electron chi connectivity index (χ4n) is 7.39. The van der Waals surface area contributed by atoms with Crippen LogP contribution in [0.15, 0.2) is 48.5 Å². The van der Waals surface area contributed by atoms with Crippen LogP contribution in [0.3, 0.4) is 0 Å². The van der Waals surface area contributed by atoms with E-state index in [0.717, 1.165) is 57.3 Å². The fraction of sp³-hybridized carbons (Fsp3) is 0.600. The van der Waals surface area contributed by atoms with E-state index in [1.54, 1.807) is 0 Å². The Kier molecular flexibility index (Phi) is 9.96. The molecule has 2 heterocycles. The molecule has 2 atom stereocenters. The van der Waals surface area contributed by atoms with Gasteiger partial charge in [-0.3, -0.25) is 9.59 Å². The van der Waals surface area contributed by atoms with Crippen LogP contribution in [0.4, 0.5) is 0 Å². The van der Waals surface area contributed by atoms with Gasteiger partial charge in [0, 0.05) is 29.7 Å². The topological polar surface area (TPSA) is 73.5 Å². The molecule has 0 bridgehead atoms. The van der Waals surface area contributed by atoms with Crippen molar-refractivity contribution in [2.75, 3.05) is 19.6 Å². The number of carbonyl (C=O) groups is 2. The molecule has 3 N–H and O–H groups in total. The van der Waals surface area contributed by atoms with Crippen LogP contribution in [0.5, 0.6) is 0 Å². The lowest BCUT2D eigenvalue weighted by atomic mass is 9.63. The first-order valence-corrected chi connectivity index (χ1v) is 16.4. The Balaban J connectivity index is 1.27. The predicted octanol–water partition coefficient (Wildman–Crippen LogP) is 5.66. The molecule has 6 nitrogen and oxygen atoms in total. The van der Waals surface area contributed by atoms with Crippen molar-refractivity contribution >= 4 is 23.4 Å². The molecule has 0 radical (unpaired) electrons. The van der Waals surface area contributed by atoms with Crippen LogP contribution in [0.2, 0.25) is 5.02 Å². The normalized spacial score (nSPS) is 22.1. The van der Waals surface area contributed by atoms with Crippen molar-refractivity contribution in [3.05, 3.63) is 70.2 Å². The second-order valence-corrected chi connectivity index (χ2v) is 14.4. The zero-order valence-corrected chi connectivity index (χ0v) is 26.4. The van der Waals surface area contributed by atoms with Crippen LogP contribution < -0.4 is 16.0 Å². The number of carbonyl (C=O) groups excluding carboxylic acids is 2. The molecule has 1 aliphatic carbocycles. The maximum absolute atomic E-state index is 13.8. The number of likely N-dealkylation sites (tertiary alicyclic amines) is 1. The zero-order valence-electron chi connectivity index (χ0n) is 25.7. The van der Waals surface area contributed by atoms with Gasteiger partial charge in [-0.05, 0) is 107 Å². The zero-order chi connectivity index (χ0) is 29.7. The molecule has 228 valence electrons. The Morgan fingerprint density at radius 3 is 2.33 bits per heavy atom. The largest absolute Gasteiger partial charge is 0.351 e. The second-order valence-electron chi connectivity index (χ2n) is 13.9. The summed E-state index contributed by atoms with van der Waals surface area (Å²) in [4.78, 5) is 29.9. The van der Waals surface area contributed by atoms with Gasteiger partial charge in [0.2, 0.25) is 11.8 Å². The Morgan fingerprint density at radius 2 is 1.67 bits per heavy atom. The van der Waals surface area contributed by atoms with Crippen molar-refractivity contribution in [1.82, 2.24) is 20.9 Å². The summed E-state index contributed by atoms with van der Waals surface area (Å²) in [7, 11) is 0. The van der Waals surface area contributed by atoms with Crippen LogP contribution in [0, 0.1) is 11.3 Å². The van der Waals surface area contributed by atoms with E-state index in [0.29, 0.717) is 23.9 Å². The van der Waals surface area contributed by atoms with Crippen LogP contribution in [0.1, 0.15) is 82.4 Å². The molecule has 3 aliphatic rings. The summed E-state index contributed by atoms with van der Waals surface area (Å²) in [5.74, 6) is 0.762. The summed E-state index contributed by atoms with van der Waals surface area (Å²) in [6, 6.07) is 16.0. The van der Waals surface area contributed by atoms with Gasteiger partial charge < -0.3 is 20.9 Å². The quantitative estimate of drug-likeness (QED) is 0.370. The lowest BCUT2D eigenvalue weighted by molar-refractivity contribution is -0.141. The van der Waals surface area contributed by atoms with E-state index in [-0.39, 0.29) is 34.9 Å². The number of benzene rings is 2. The fourth-order valence-corrected chi connectivity index (χ4v) is 7.52. The van der Waals surface area contributed by atoms with Gasteiger partial charge in [-0.1, -0.05) is 67.3 Å². The number of hydrogen-bond acceptors (Lipinski definition) is 4. The van der Waals surface area contributed by atoms with Crippen LogP contribution in [0.25, 0.3) is 0 Å². The summed E-state index contributed by atoms with van der Waals surface area (Å²) in [5, 5.41) is 10.9. The Hall–Kier alpha value is -2.41. The average Bonchev–Trinajstić information content (AvgIpc) is 2.98. The summed E-state index contributed by atoms with van der Waals surface area (Å²) < 4.78 is 0. The number of piperidine rings is 1. The van der Waals surface area contributed by atoms with Crippen molar-refractivity contribution in [2.45, 2.75) is 103 Å². The molecule has 0 aromatic heterocycles. The highest BCUT2D eigenvalue weighted by molar-refractivity contribution is 6.30. The Bertz CT molecular complexity index is 1210. The molecule has 2 aromatic carbocycles. The van der Waals surface area contributed by atoms with Crippen molar-refractivity contribution in [3.8, 4) is 0 Å². The van der Waals surface area contributed by atoms with Gasteiger partial charge in [0.25, 0.3) is 0 Å². The Morgan fingerprint density at radius 1 is 1.00 bits per heavy atom. The molecule has 7 heteroatoms. The van der Waals surface area contributed by atoms with E-state index in [9.17, 15) is 9.59 Å². The molecule has 0 spiro atoms. The number of nitrogens with one attached hydrogen (secondary N) is 3. The van der Waals surface area contributed by atoms with E-state index in [1.165, 1.54) is 30.4 Å². The van der Waals surface area contributed by atoms with Gasteiger partial charge in [0.1, 0.15) is 0 Å². The highest BCUT2D eigenvalue weighted by atomic mass is 35.5. The number of nitrogens with zero attached hydrogens (tertiary/aromatic N) is 1. The third-order valence-electron chi connectivity index (χ3n) is 9.69. The van der Waals surface area contributed by atoms with Crippen LogP contribution in [-0.2, 0) is 29.0 Å². The maximum Gasteiger partial charge on any atom is 0.237 e. The van der Waals surface area contributed by atoms with E-state index in [4.69, 9.17) is 11.6 Å². The van der Waals surface area contributed by atoms with E-state index in [1.807, 2.05) is 18.2 Å². The highest BCUT2D eigenvalue weighted by Gasteiger charge is 2.48. The molecule has 2 fully saturated rings. The van der Waals surface area contributed by atoms with Gasteiger partial charge in [0.05, 0.1) is 11.5 Å². The number of hydrogen-bond donors (Lipinski definition) is 3. The molecule has 42 heavy (non-hydrogen) atoms. The van der Waals surface area contributed by atoms with Crippen LogP contribution in [-0.4, -0.2) is 54.0 Å². The number of amides is 2. The molecular formula is C35H49ClN4O2. The monoisotopic (exact) mass is 592 g/mol. The summed E-state index contributed by atoms with van der Waals surface area (Å²) >= 11 is 6.17. The van der Waals surface area contributed by atoms with E-state index in [2.05, 4.69) is 72.0 Å². The summed E-state index contributed by atoms with van der Waals surface area (Å²) in [5.41, 5.74) is 3.14. The van der Waals surface area contributed by atoms with Crippen LogP contribution >= 0.6 is 11.6 Å². The lowest BCUT2D eigenvalue weighted by Crippen LogP contribution is -2.58. The minimum Gasteiger partial charge on any atom is -0.351 e. The van der Waals surface area contributed by atoms with Gasteiger partial charge in [-0.2, -0.15) is 0 Å². The van der Waals surface area contributed by atoms with Crippen molar-refractivity contribution in [1.29, 1.82) is 0 Å². The minimum atomic E-state index is -0.293. The van der Waals surface area contributed by atoms with Crippen molar-refractivity contribution in [3.63, 3.8) is 0 Å². The van der Waals surface area contributed by atoms with Gasteiger partial charge in [-0.25, -0.2) is 0 Å². The molecule has 1 saturated heterocycles. The third-order valence-corrected chi connectivity index (χ3v) is 9.95. The molecule has 2 aliphatic heterocycles. The van der Waals surface area contributed by atoms with E-state index >= 15 is 0 Å². The first-order valence-electron chi connectivity index (χ1n) is 16.0.